The van der Waals surface area contributed by atoms with Gasteiger partial charge in [-0.05, 0) is 0 Å². The van der Waals surface area contributed by atoms with Crippen molar-refractivity contribution in [1.29, 1.82) is 5.41 Å². The lowest BCUT2D eigenvalue weighted by Crippen LogP contribution is -1.84. The molecule has 1 heterocycles. The molecule has 0 unspecified atom stereocenters. The van der Waals surface area contributed by atoms with Gasteiger partial charge >= 0.3 is 0 Å². The Balaban J connectivity index is 0.000000371. The van der Waals surface area contributed by atoms with Crippen LogP contribution in [0.1, 0.15) is 19.5 Å². The molecule has 1 rings (SSSR count). The second kappa shape index (κ2) is 5.88. The lowest BCUT2D eigenvalue weighted by molar-refractivity contribution is 1.18. The number of nitrogens with one attached hydrogen (secondary N) is 1. The maximum absolute atomic E-state index is 6.72. The fraction of sp³-hybridized carbons (Fsp3) is 0.286. The zero-order valence-corrected chi connectivity index (χ0v) is 6.20. The molecule has 1 N–H and O–H groups in total. The Bertz CT molecular complexity index is 171. The van der Waals surface area contributed by atoms with E-state index >= 15 is 0 Å². The molecule has 0 fully saturated rings. The van der Waals surface area contributed by atoms with Crippen LogP contribution in [0.4, 0.5) is 0 Å². The summed E-state index contributed by atoms with van der Waals surface area (Å²) >= 11 is 0. The van der Waals surface area contributed by atoms with Crippen molar-refractivity contribution in [2.24, 2.45) is 0 Å². The SMILES string of the molecule is CC.N=Cc1cnccn1. The zero-order chi connectivity index (χ0) is 7.82. The van der Waals surface area contributed by atoms with Gasteiger partial charge in [-0.1, -0.05) is 13.8 Å². The molecule has 10 heavy (non-hydrogen) atoms. The average Bonchev–Trinajstić information content (AvgIpc) is 2.10. The van der Waals surface area contributed by atoms with Gasteiger partial charge in [-0.25, -0.2) is 0 Å². The number of aromatic nitrogens is 2. The van der Waals surface area contributed by atoms with Crippen LogP contribution < -0.4 is 0 Å². The lowest BCUT2D eigenvalue weighted by Gasteiger charge is -1.82. The highest BCUT2D eigenvalue weighted by molar-refractivity contribution is 5.72. The molecule has 0 saturated carbocycles. The minimum atomic E-state index is 0.590. The number of hydrogen-bond acceptors (Lipinski definition) is 3. The van der Waals surface area contributed by atoms with Crippen molar-refractivity contribution < 1.29 is 0 Å². The number of nitrogens with zero attached hydrogens (tertiary/aromatic N) is 2. The van der Waals surface area contributed by atoms with E-state index in [2.05, 4.69) is 9.97 Å². The lowest BCUT2D eigenvalue weighted by atomic mass is 10.5. The van der Waals surface area contributed by atoms with Crippen LogP contribution in [0.15, 0.2) is 18.6 Å². The minimum Gasteiger partial charge on any atom is -0.306 e. The first-order valence-corrected chi connectivity index (χ1v) is 3.20. The van der Waals surface area contributed by atoms with Crippen LogP contribution in [-0.2, 0) is 0 Å². The fourth-order valence-electron chi connectivity index (χ4n) is 0.385. The Hall–Kier alpha value is -1.25. The third-order valence-corrected chi connectivity index (χ3v) is 0.731. The van der Waals surface area contributed by atoms with E-state index in [4.69, 9.17) is 5.41 Å². The molecule has 1 aromatic rings. The van der Waals surface area contributed by atoms with Crippen LogP contribution in [0, 0.1) is 5.41 Å². The highest BCUT2D eigenvalue weighted by Crippen LogP contribution is 1.80. The van der Waals surface area contributed by atoms with Gasteiger partial charge in [-0.3, -0.25) is 9.97 Å². The Kier molecular flexibility index (Phi) is 5.14. The molecule has 0 atom stereocenters. The molecule has 0 radical (unpaired) electrons. The summed E-state index contributed by atoms with van der Waals surface area (Å²) < 4.78 is 0. The summed E-state index contributed by atoms with van der Waals surface area (Å²) in [5.41, 5.74) is 0.590. The number of rotatable bonds is 1. The van der Waals surface area contributed by atoms with Crippen molar-refractivity contribution in [2.75, 3.05) is 0 Å². The van der Waals surface area contributed by atoms with E-state index in [1.54, 1.807) is 12.4 Å². The molecule has 0 aliphatic carbocycles. The van der Waals surface area contributed by atoms with E-state index in [9.17, 15) is 0 Å². The average molecular weight is 137 g/mol. The molecule has 0 aliphatic heterocycles. The summed E-state index contributed by atoms with van der Waals surface area (Å²) in [6.45, 7) is 4.00. The molecule has 1 aromatic heterocycles. The second-order valence-corrected chi connectivity index (χ2v) is 1.27. The van der Waals surface area contributed by atoms with Gasteiger partial charge in [-0.15, -0.1) is 0 Å². The highest BCUT2D eigenvalue weighted by atomic mass is 14.8. The quantitative estimate of drug-likeness (QED) is 0.596. The van der Waals surface area contributed by atoms with Crippen molar-refractivity contribution in [3.8, 4) is 0 Å². The van der Waals surface area contributed by atoms with Gasteiger partial charge in [0.1, 0.15) is 0 Å². The first-order valence-electron chi connectivity index (χ1n) is 3.20. The van der Waals surface area contributed by atoms with E-state index in [0.29, 0.717) is 5.69 Å². The largest absolute Gasteiger partial charge is 0.306 e. The molecule has 0 aromatic carbocycles. The van der Waals surface area contributed by atoms with Gasteiger partial charge in [0.05, 0.1) is 11.9 Å². The summed E-state index contributed by atoms with van der Waals surface area (Å²) in [6, 6.07) is 0. The molecule has 3 nitrogen and oxygen atoms in total. The Morgan fingerprint density at radius 2 is 2.10 bits per heavy atom. The van der Waals surface area contributed by atoms with Gasteiger partial charge < -0.3 is 5.41 Å². The first-order chi connectivity index (χ1) is 4.93. The van der Waals surface area contributed by atoms with Crippen LogP contribution >= 0.6 is 0 Å². The molecule has 54 valence electrons. The van der Waals surface area contributed by atoms with Gasteiger partial charge in [0.2, 0.25) is 0 Å². The van der Waals surface area contributed by atoms with Gasteiger partial charge in [0.15, 0.2) is 0 Å². The van der Waals surface area contributed by atoms with Crippen molar-refractivity contribution in [1.82, 2.24) is 9.97 Å². The molecule has 0 amide bonds. The summed E-state index contributed by atoms with van der Waals surface area (Å²) in [5, 5.41) is 6.72. The van der Waals surface area contributed by atoms with E-state index < -0.39 is 0 Å². The van der Waals surface area contributed by atoms with Gasteiger partial charge in [0, 0.05) is 18.6 Å². The summed E-state index contributed by atoms with van der Waals surface area (Å²) in [7, 11) is 0. The van der Waals surface area contributed by atoms with Crippen molar-refractivity contribution in [3.05, 3.63) is 24.3 Å². The maximum atomic E-state index is 6.72. The molecule has 3 heteroatoms. The van der Waals surface area contributed by atoms with Crippen LogP contribution in [0.25, 0.3) is 0 Å². The van der Waals surface area contributed by atoms with Crippen LogP contribution in [0.3, 0.4) is 0 Å². The number of hydrogen-bond donors (Lipinski definition) is 1. The molecule has 0 saturated heterocycles. The molecule has 0 aliphatic rings. The predicted octanol–water partition coefficient (Wildman–Crippen LogP) is 1.50. The topological polar surface area (TPSA) is 49.6 Å². The van der Waals surface area contributed by atoms with Crippen LogP contribution in [0.5, 0.6) is 0 Å². The highest BCUT2D eigenvalue weighted by Gasteiger charge is 1.80. The van der Waals surface area contributed by atoms with Crippen molar-refractivity contribution in [3.63, 3.8) is 0 Å². The monoisotopic (exact) mass is 137 g/mol. The predicted molar refractivity (Wildman–Crippen MR) is 41.3 cm³/mol. The standard InChI is InChI=1S/C5H5N3.C2H6/c6-3-5-4-7-1-2-8-5;1-2/h1-4,6H;1-2H3. The molecular formula is C7H11N3. The molecule has 0 bridgehead atoms. The van der Waals surface area contributed by atoms with Crippen molar-refractivity contribution in [2.45, 2.75) is 13.8 Å². The summed E-state index contributed by atoms with van der Waals surface area (Å²) in [5.74, 6) is 0. The Morgan fingerprint density at radius 1 is 1.40 bits per heavy atom. The normalized spacial score (nSPS) is 7.40. The van der Waals surface area contributed by atoms with Crippen molar-refractivity contribution >= 4 is 6.21 Å². The van der Waals surface area contributed by atoms with E-state index in [0.717, 1.165) is 6.21 Å². The van der Waals surface area contributed by atoms with Gasteiger partial charge in [-0.2, -0.15) is 0 Å². The minimum absolute atomic E-state index is 0.590. The Morgan fingerprint density at radius 3 is 2.40 bits per heavy atom. The zero-order valence-electron chi connectivity index (χ0n) is 6.20. The van der Waals surface area contributed by atoms with E-state index in [1.165, 1.54) is 6.20 Å². The fourth-order valence-corrected chi connectivity index (χ4v) is 0.385. The van der Waals surface area contributed by atoms with E-state index in [-0.39, 0.29) is 0 Å². The summed E-state index contributed by atoms with van der Waals surface area (Å²) in [6.07, 6.45) is 5.83. The summed E-state index contributed by atoms with van der Waals surface area (Å²) in [4.78, 5) is 7.53. The van der Waals surface area contributed by atoms with Gasteiger partial charge in [0.25, 0.3) is 0 Å². The second-order valence-electron chi connectivity index (χ2n) is 1.27. The third-order valence-electron chi connectivity index (χ3n) is 0.731. The smallest absolute Gasteiger partial charge is 0.0988 e. The maximum Gasteiger partial charge on any atom is 0.0988 e. The molecule has 0 spiro atoms. The first kappa shape index (κ1) is 8.75. The molecular weight excluding hydrogens is 126 g/mol. The Labute approximate surface area is 60.7 Å². The van der Waals surface area contributed by atoms with Crippen LogP contribution in [-0.4, -0.2) is 16.2 Å². The van der Waals surface area contributed by atoms with Crippen LogP contribution in [0.2, 0.25) is 0 Å². The van der Waals surface area contributed by atoms with E-state index in [1.807, 2.05) is 13.8 Å². The third kappa shape index (κ3) is 2.91.